The quantitative estimate of drug-likeness (QED) is 0.848. The largest absolute Gasteiger partial charge is 0.309 e. The summed E-state index contributed by atoms with van der Waals surface area (Å²) in [7, 11) is 2.00. The molecule has 2 aromatic rings. The van der Waals surface area contributed by atoms with E-state index in [1.807, 2.05) is 13.1 Å². The van der Waals surface area contributed by atoms with Gasteiger partial charge in [0.15, 0.2) is 0 Å². The van der Waals surface area contributed by atoms with Gasteiger partial charge in [-0.05, 0) is 74.7 Å². The molecule has 0 saturated carbocycles. The maximum atomic E-state index is 6.22. The van der Waals surface area contributed by atoms with Crippen LogP contribution >= 0.6 is 11.6 Å². The van der Waals surface area contributed by atoms with Gasteiger partial charge in [0, 0.05) is 5.02 Å². The van der Waals surface area contributed by atoms with Gasteiger partial charge in [-0.2, -0.15) is 0 Å². The minimum Gasteiger partial charge on any atom is -0.309 e. The van der Waals surface area contributed by atoms with E-state index in [0.717, 1.165) is 5.02 Å². The van der Waals surface area contributed by atoms with E-state index in [1.54, 1.807) is 0 Å². The molecule has 0 aromatic heterocycles. The lowest BCUT2D eigenvalue weighted by atomic mass is 9.89. The van der Waals surface area contributed by atoms with E-state index in [-0.39, 0.29) is 6.04 Å². The van der Waals surface area contributed by atoms with Gasteiger partial charge in [0.1, 0.15) is 0 Å². The van der Waals surface area contributed by atoms with E-state index < -0.39 is 0 Å². The summed E-state index contributed by atoms with van der Waals surface area (Å²) in [6.45, 7) is 8.58. The Balaban J connectivity index is 2.58. The maximum Gasteiger partial charge on any atom is 0.0580 e. The van der Waals surface area contributed by atoms with Crippen LogP contribution in [0.1, 0.15) is 39.4 Å². The lowest BCUT2D eigenvalue weighted by molar-refractivity contribution is 0.682. The number of benzene rings is 2. The van der Waals surface area contributed by atoms with Gasteiger partial charge in [0.05, 0.1) is 6.04 Å². The molecule has 0 spiro atoms. The summed E-state index contributed by atoms with van der Waals surface area (Å²) in [6.07, 6.45) is 0. The Labute approximate surface area is 127 Å². The Hall–Kier alpha value is -1.31. The minimum atomic E-state index is 0.174. The van der Waals surface area contributed by atoms with Crippen molar-refractivity contribution in [2.45, 2.75) is 33.7 Å². The molecule has 1 nitrogen and oxygen atoms in total. The molecule has 2 rings (SSSR count). The van der Waals surface area contributed by atoms with Crippen LogP contribution in [0.4, 0.5) is 0 Å². The van der Waals surface area contributed by atoms with E-state index in [0.29, 0.717) is 0 Å². The average Bonchev–Trinajstić information content (AvgIpc) is 2.32. The molecule has 1 N–H and O–H groups in total. The summed E-state index contributed by atoms with van der Waals surface area (Å²) in [5.74, 6) is 0. The van der Waals surface area contributed by atoms with Crippen LogP contribution in [0.15, 0.2) is 30.3 Å². The van der Waals surface area contributed by atoms with E-state index in [1.165, 1.54) is 33.4 Å². The fourth-order valence-corrected chi connectivity index (χ4v) is 3.35. The standard InChI is InChI=1S/C18H22ClN/c1-11-6-13(3)17(14(4)7-11)18(20-5)15-8-12(2)9-16(19)10-15/h6-10,18,20H,1-5H3. The number of aryl methyl sites for hydroxylation is 4. The Bertz CT molecular complexity index is 588. The van der Waals surface area contributed by atoms with Crippen molar-refractivity contribution in [1.29, 1.82) is 0 Å². The van der Waals surface area contributed by atoms with Crippen molar-refractivity contribution < 1.29 is 0 Å². The molecule has 0 aliphatic heterocycles. The molecule has 0 heterocycles. The molecule has 0 bridgehead atoms. The van der Waals surface area contributed by atoms with Crippen molar-refractivity contribution in [3.8, 4) is 0 Å². The van der Waals surface area contributed by atoms with Crippen LogP contribution in [0.25, 0.3) is 0 Å². The molecule has 0 aliphatic rings. The third-order valence-corrected chi connectivity index (χ3v) is 3.93. The zero-order valence-corrected chi connectivity index (χ0v) is 13.6. The normalized spacial score (nSPS) is 12.5. The number of rotatable bonds is 3. The zero-order valence-electron chi connectivity index (χ0n) is 12.8. The van der Waals surface area contributed by atoms with E-state index in [4.69, 9.17) is 11.6 Å². The molecule has 106 valence electrons. The topological polar surface area (TPSA) is 12.0 Å². The number of halogens is 1. The molecule has 1 atom stereocenters. The Morgan fingerprint density at radius 1 is 0.850 bits per heavy atom. The van der Waals surface area contributed by atoms with Gasteiger partial charge in [0.25, 0.3) is 0 Å². The third kappa shape index (κ3) is 3.05. The van der Waals surface area contributed by atoms with Crippen LogP contribution in [-0.4, -0.2) is 7.05 Å². The first-order valence-corrected chi connectivity index (χ1v) is 7.32. The second-order valence-corrected chi connectivity index (χ2v) is 6.03. The van der Waals surface area contributed by atoms with Gasteiger partial charge < -0.3 is 5.32 Å². The van der Waals surface area contributed by atoms with Gasteiger partial charge in [0.2, 0.25) is 0 Å². The molecule has 2 aromatic carbocycles. The molecule has 20 heavy (non-hydrogen) atoms. The van der Waals surface area contributed by atoms with Crippen LogP contribution < -0.4 is 5.32 Å². The fraction of sp³-hybridized carbons (Fsp3) is 0.333. The predicted octanol–water partition coefficient (Wildman–Crippen LogP) is 4.88. The van der Waals surface area contributed by atoms with Crippen molar-refractivity contribution in [3.63, 3.8) is 0 Å². The highest BCUT2D eigenvalue weighted by atomic mass is 35.5. The third-order valence-electron chi connectivity index (χ3n) is 3.71. The average molecular weight is 288 g/mol. The summed E-state index contributed by atoms with van der Waals surface area (Å²) in [6, 6.07) is 10.9. The van der Waals surface area contributed by atoms with Gasteiger partial charge in [-0.25, -0.2) is 0 Å². The second kappa shape index (κ2) is 5.99. The first-order valence-electron chi connectivity index (χ1n) is 6.94. The SMILES string of the molecule is CNC(c1cc(C)cc(Cl)c1)c1c(C)cc(C)cc1C. The molecule has 1 unspecified atom stereocenters. The van der Waals surface area contributed by atoms with Gasteiger partial charge in [-0.1, -0.05) is 35.4 Å². The van der Waals surface area contributed by atoms with Crippen molar-refractivity contribution in [2.24, 2.45) is 0 Å². The fourth-order valence-electron chi connectivity index (χ4n) is 3.06. The molecule has 0 aliphatic carbocycles. The van der Waals surface area contributed by atoms with Gasteiger partial charge in [-0.3, -0.25) is 0 Å². The summed E-state index contributed by atoms with van der Waals surface area (Å²) in [4.78, 5) is 0. The Morgan fingerprint density at radius 3 is 1.90 bits per heavy atom. The van der Waals surface area contributed by atoms with Crippen molar-refractivity contribution in [3.05, 3.63) is 68.7 Å². The molecule has 0 saturated heterocycles. The van der Waals surface area contributed by atoms with E-state index in [2.05, 4.69) is 57.3 Å². The highest BCUT2D eigenvalue weighted by Crippen LogP contribution is 2.30. The molecular formula is C18H22ClN. The summed E-state index contributed by atoms with van der Waals surface area (Å²) >= 11 is 6.22. The molecule has 0 radical (unpaired) electrons. The predicted molar refractivity (Wildman–Crippen MR) is 87.7 cm³/mol. The van der Waals surface area contributed by atoms with Crippen molar-refractivity contribution in [2.75, 3.05) is 7.05 Å². The molecule has 2 heteroatoms. The number of hydrogen-bond donors (Lipinski definition) is 1. The van der Waals surface area contributed by atoms with Crippen LogP contribution in [0.3, 0.4) is 0 Å². The number of hydrogen-bond acceptors (Lipinski definition) is 1. The van der Waals surface area contributed by atoms with E-state index in [9.17, 15) is 0 Å². The zero-order chi connectivity index (χ0) is 14.9. The van der Waals surface area contributed by atoms with Crippen LogP contribution in [0, 0.1) is 27.7 Å². The minimum absolute atomic E-state index is 0.174. The van der Waals surface area contributed by atoms with Crippen molar-refractivity contribution in [1.82, 2.24) is 5.32 Å². The monoisotopic (exact) mass is 287 g/mol. The van der Waals surface area contributed by atoms with Crippen LogP contribution in [0.2, 0.25) is 5.02 Å². The lowest BCUT2D eigenvalue weighted by Crippen LogP contribution is -2.20. The lowest BCUT2D eigenvalue weighted by Gasteiger charge is -2.23. The highest BCUT2D eigenvalue weighted by Gasteiger charge is 2.17. The summed E-state index contributed by atoms with van der Waals surface area (Å²) < 4.78 is 0. The molecular weight excluding hydrogens is 266 g/mol. The van der Waals surface area contributed by atoms with Crippen molar-refractivity contribution >= 4 is 11.6 Å². The Kier molecular flexibility index (Phi) is 4.52. The van der Waals surface area contributed by atoms with Crippen LogP contribution in [-0.2, 0) is 0 Å². The maximum absolute atomic E-state index is 6.22. The summed E-state index contributed by atoms with van der Waals surface area (Å²) in [5, 5.41) is 4.23. The molecule has 0 fully saturated rings. The number of nitrogens with one attached hydrogen (secondary N) is 1. The summed E-state index contributed by atoms with van der Waals surface area (Å²) in [5.41, 5.74) is 7.70. The van der Waals surface area contributed by atoms with Gasteiger partial charge in [-0.15, -0.1) is 0 Å². The van der Waals surface area contributed by atoms with Gasteiger partial charge >= 0.3 is 0 Å². The second-order valence-electron chi connectivity index (χ2n) is 5.60. The van der Waals surface area contributed by atoms with Crippen LogP contribution in [0.5, 0.6) is 0 Å². The Morgan fingerprint density at radius 2 is 1.40 bits per heavy atom. The van der Waals surface area contributed by atoms with E-state index >= 15 is 0 Å². The smallest absolute Gasteiger partial charge is 0.0580 e. The first kappa shape index (κ1) is 15.1. The highest BCUT2D eigenvalue weighted by molar-refractivity contribution is 6.30. The molecule has 0 amide bonds. The first-order chi connectivity index (χ1) is 9.42.